The maximum absolute atomic E-state index is 14.3. The van der Waals surface area contributed by atoms with Crippen molar-refractivity contribution in [3.8, 4) is 6.07 Å². The summed E-state index contributed by atoms with van der Waals surface area (Å²) in [6, 6.07) is 2.69. The molecule has 0 saturated heterocycles. The zero-order valence-electron chi connectivity index (χ0n) is 17.3. The molecule has 6 N–H and O–H groups in total. The second-order valence-corrected chi connectivity index (χ2v) is 9.77. The molecule has 0 spiro atoms. The van der Waals surface area contributed by atoms with E-state index in [2.05, 4.69) is 10.3 Å². The fraction of sp³-hybridized carbons (Fsp3) is 0.450. The number of nitrogens with one attached hydrogen (secondary N) is 1. The second kappa shape index (κ2) is 9.75. The Kier molecular flexibility index (Phi) is 7.82. The summed E-state index contributed by atoms with van der Waals surface area (Å²) in [5.41, 5.74) is 5.97. The van der Waals surface area contributed by atoms with Gasteiger partial charge in [-0.05, 0) is 62.1 Å². The zero-order chi connectivity index (χ0) is 22.6. The Balaban J connectivity index is 0.000000248. The molecule has 1 aliphatic rings. The van der Waals surface area contributed by atoms with Crippen LogP contribution in [0.5, 0.6) is 0 Å². The van der Waals surface area contributed by atoms with E-state index in [-0.39, 0.29) is 17.4 Å². The van der Waals surface area contributed by atoms with Crippen molar-refractivity contribution in [1.82, 2.24) is 4.98 Å². The van der Waals surface area contributed by atoms with Crippen molar-refractivity contribution >= 4 is 35.0 Å². The summed E-state index contributed by atoms with van der Waals surface area (Å²) in [5, 5.41) is 27.1. The normalized spacial score (nSPS) is 13.4. The fourth-order valence-electron chi connectivity index (χ4n) is 2.90. The van der Waals surface area contributed by atoms with E-state index in [4.69, 9.17) is 16.1 Å². The third-order valence-electron chi connectivity index (χ3n) is 4.42. The molecule has 1 aromatic carbocycles. The van der Waals surface area contributed by atoms with Crippen molar-refractivity contribution in [2.24, 2.45) is 10.9 Å². The summed E-state index contributed by atoms with van der Waals surface area (Å²) in [5.74, 6) is -0.426. The van der Waals surface area contributed by atoms with Crippen LogP contribution < -0.4 is 16.2 Å². The van der Waals surface area contributed by atoms with Crippen LogP contribution in [0.15, 0.2) is 16.5 Å². The number of primary amides is 1. The highest BCUT2D eigenvalue weighted by Gasteiger charge is 2.31. The average Bonchev–Trinajstić information content (AvgIpc) is 3.36. The lowest BCUT2D eigenvalue weighted by molar-refractivity contribution is 0.0783. The molecule has 0 radical (unpaired) electrons. The van der Waals surface area contributed by atoms with Gasteiger partial charge < -0.3 is 16.2 Å². The number of nitrogens with two attached hydrogens (primary N) is 2. The molecule has 162 valence electrons. The summed E-state index contributed by atoms with van der Waals surface area (Å²) in [6.45, 7) is 7.05. The highest BCUT2D eigenvalue weighted by atomic mass is 32.2. The highest BCUT2D eigenvalue weighted by molar-refractivity contribution is 7.99. The summed E-state index contributed by atoms with van der Waals surface area (Å²) in [6.07, 6.45) is 3.64. The molecule has 10 heteroatoms. The van der Waals surface area contributed by atoms with Gasteiger partial charge in [0.25, 0.3) is 0 Å². The van der Waals surface area contributed by atoms with E-state index >= 15 is 0 Å². The predicted molar refractivity (Wildman–Crippen MR) is 118 cm³/mol. The van der Waals surface area contributed by atoms with Crippen LogP contribution in [0.1, 0.15) is 74.1 Å². The molecule has 7 nitrogen and oxygen atoms in total. The third kappa shape index (κ3) is 5.92. The minimum absolute atomic E-state index is 0.0284. The van der Waals surface area contributed by atoms with Gasteiger partial charge in [0.2, 0.25) is 0 Å². The number of hydrogen-bond donors (Lipinski definition) is 4. The minimum Gasteiger partial charge on any atom is -0.383 e. The topological polar surface area (TPSA) is 138 Å². The van der Waals surface area contributed by atoms with Crippen LogP contribution in [0.4, 0.5) is 14.9 Å². The lowest BCUT2D eigenvalue weighted by atomic mass is 9.92. The molecule has 1 fully saturated rings. The molecular weight excluding hydrogens is 425 g/mol. The molecule has 2 amide bonds. The number of urea groups is 1. The number of amides is 2. The van der Waals surface area contributed by atoms with E-state index in [9.17, 15) is 14.3 Å². The number of hydrogen-bond acceptors (Lipinski definition) is 7. The van der Waals surface area contributed by atoms with Gasteiger partial charge in [-0.3, -0.25) is 5.14 Å². The lowest BCUT2D eigenvalue weighted by Gasteiger charge is -2.19. The Morgan fingerprint density at radius 2 is 2.13 bits per heavy atom. The standard InChI is InChI=1S/C14H16FN3O.C6H10N2OS2/c1-7(2)11-12(15)9(6-16)5-10(8-3-4-8)13(11)18-14(17)19;1-6(2,9)5-8-3-4(10-5)11-7/h5,7-8H,3-4H2,1-2H3,(H3,17,18,19);3,9H,7H2,1-2H3. The molecule has 0 bridgehead atoms. The molecule has 1 heterocycles. The van der Waals surface area contributed by atoms with Gasteiger partial charge in [0, 0.05) is 5.56 Å². The van der Waals surface area contributed by atoms with Gasteiger partial charge in [-0.2, -0.15) is 5.26 Å². The van der Waals surface area contributed by atoms with Gasteiger partial charge >= 0.3 is 6.03 Å². The van der Waals surface area contributed by atoms with Crippen LogP contribution in [-0.2, 0) is 5.60 Å². The first kappa shape index (κ1) is 24.1. The van der Waals surface area contributed by atoms with Crippen LogP contribution in [-0.4, -0.2) is 16.1 Å². The molecule has 3 rings (SSSR count). The van der Waals surface area contributed by atoms with E-state index in [1.54, 1.807) is 20.0 Å². The summed E-state index contributed by atoms with van der Waals surface area (Å²) in [7, 11) is 0. The molecule has 1 aliphatic carbocycles. The maximum atomic E-state index is 14.3. The number of halogens is 1. The van der Waals surface area contributed by atoms with Gasteiger partial charge in [-0.25, -0.2) is 14.2 Å². The molecule has 0 atom stereocenters. The number of nitrogens with zero attached hydrogens (tertiary/aromatic N) is 2. The first-order valence-electron chi connectivity index (χ1n) is 9.37. The molecular formula is C20H26FN5O2S2. The van der Waals surface area contributed by atoms with Crippen LogP contribution in [0.3, 0.4) is 0 Å². The third-order valence-corrected chi connectivity index (χ3v) is 6.40. The van der Waals surface area contributed by atoms with Gasteiger partial charge in [0.15, 0.2) is 0 Å². The predicted octanol–water partition coefficient (Wildman–Crippen LogP) is 4.53. The Hall–Kier alpha value is -2.19. The molecule has 0 aliphatic heterocycles. The van der Waals surface area contributed by atoms with E-state index in [0.717, 1.165) is 34.6 Å². The highest BCUT2D eigenvalue weighted by Crippen LogP contribution is 2.46. The number of carbonyl (C=O) groups excluding carboxylic acids is 1. The van der Waals surface area contributed by atoms with Crippen LogP contribution in [0, 0.1) is 17.1 Å². The van der Waals surface area contributed by atoms with Gasteiger partial charge in [0.1, 0.15) is 22.5 Å². The summed E-state index contributed by atoms with van der Waals surface area (Å²) < 4.78 is 15.2. The SMILES string of the molecule is CC(C)(O)c1ncc(SN)s1.CC(C)c1c(F)c(C#N)cc(C2CC2)c1NC(N)=O. The lowest BCUT2D eigenvalue weighted by Crippen LogP contribution is -2.22. The Morgan fingerprint density at radius 3 is 2.50 bits per heavy atom. The van der Waals surface area contributed by atoms with E-state index in [1.807, 2.05) is 19.9 Å². The molecule has 2 aromatic rings. The number of nitriles is 1. The first-order valence-corrected chi connectivity index (χ1v) is 11.1. The molecule has 1 saturated carbocycles. The van der Waals surface area contributed by atoms with E-state index < -0.39 is 17.4 Å². The van der Waals surface area contributed by atoms with Gasteiger partial charge in [-0.15, -0.1) is 11.3 Å². The maximum Gasteiger partial charge on any atom is 0.316 e. The molecule has 0 unspecified atom stereocenters. The van der Waals surface area contributed by atoms with Crippen LogP contribution >= 0.6 is 23.3 Å². The second-order valence-electron chi connectivity index (χ2n) is 7.81. The number of rotatable bonds is 5. The van der Waals surface area contributed by atoms with Gasteiger partial charge in [0.05, 0.1) is 21.7 Å². The number of carbonyl (C=O) groups is 1. The van der Waals surface area contributed by atoms with Crippen molar-refractivity contribution in [3.05, 3.63) is 39.8 Å². The zero-order valence-corrected chi connectivity index (χ0v) is 19.0. The largest absolute Gasteiger partial charge is 0.383 e. The molecule has 1 aromatic heterocycles. The van der Waals surface area contributed by atoms with Crippen molar-refractivity contribution in [2.75, 3.05) is 5.32 Å². The monoisotopic (exact) mass is 451 g/mol. The smallest absolute Gasteiger partial charge is 0.316 e. The summed E-state index contributed by atoms with van der Waals surface area (Å²) in [4.78, 5) is 15.2. The Labute approximate surface area is 183 Å². The van der Waals surface area contributed by atoms with E-state index in [1.165, 1.54) is 17.4 Å². The van der Waals surface area contributed by atoms with Gasteiger partial charge in [-0.1, -0.05) is 13.8 Å². The first-order chi connectivity index (χ1) is 14.0. The fourth-order valence-corrected chi connectivity index (χ4v) is 4.09. The van der Waals surface area contributed by atoms with Crippen molar-refractivity contribution in [1.29, 1.82) is 5.26 Å². The minimum atomic E-state index is -0.849. The number of benzene rings is 1. The van der Waals surface area contributed by atoms with Crippen molar-refractivity contribution in [3.63, 3.8) is 0 Å². The number of aliphatic hydroxyl groups is 1. The Bertz CT molecular complexity index is 959. The Morgan fingerprint density at radius 1 is 1.50 bits per heavy atom. The number of aromatic nitrogens is 1. The molecule has 30 heavy (non-hydrogen) atoms. The quantitative estimate of drug-likeness (QED) is 0.493. The van der Waals surface area contributed by atoms with Crippen LogP contribution in [0.2, 0.25) is 0 Å². The van der Waals surface area contributed by atoms with Crippen molar-refractivity contribution in [2.45, 2.75) is 62.2 Å². The number of thiazole rings is 1. The van der Waals surface area contributed by atoms with Crippen molar-refractivity contribution < 1.29 is 14.3 Å². The number of anilines is 1. The average molecular weight is 452 g/mol. The van der Waals surface area contributed by atoms with E-state index in [0.29, 0.717) is 16.3 Å². The van der Waals surface area contributed by atoms with Crippen LogP contribution in [0.25, 0.3) is 0 Å². The summed E-state index contributed by atoms with van der Waals surface area (Å²) >= 11 is 2.57.